The van der Waals surface area contributed by atoms with Crippen molar-refractivity contribution in [1.82, 2.24) is 4.90 Å². The van der Waals surface area contributed by atoms with Crippen molar-refractivity contribution in [3.05, 3.63) is 41.6 Å². The average Bonchev–Trinajstić information content (AvgIpc) is 2.74. The molecule has 2 heterocycles. The molecular formula is C14H12KNO4S. The van der Waals surface area contributed by atoms with Crippen LogP contribution in [0.1, 0.15) is 12.5 Å². The Morgan fingerprint density at radius 1 is 1.38 bits per heavy atom. The number of fused-ring (bicyclic) bond motifs is 1. The summed E-state index contributed by atoms with van der Waals surface area (Å²) < 4.78 is 0. The maximum atomic E-state index is 12.0. The van der Waals surface area contributed by atoms with Crippen LogP contribution in [-0.2, 0) is 9.59 Å². The van der Waals surface area contributed by atoms with E-state index in [1.165, 1.54) is 16.7 Å². The van der Waals surface area contributed by atoms with Crippen molar-refractivity contribution in [2.45, 2.75) is 18.4 Å². The minimum Gasteiger partial charge on any atom is -0.543 e. The molecule has 0 aliphatic carbocycles. The minimum absolute atomic E-state index is 0. The summed E-state index contributed by atoms with van der Waals surface area (Å²) in [5.41, 5.74) is 0.649. The molecule has 1 aromatic carbocycles. The molecule has 0 radical (unpaired) electrons. The van der Waals surface area contributed by atoms with Gasteiger partial charge in [-0.05, 0) is 12.5 Å². The number of carbonyl (C=O) groups is 2. The minimum atomic E-state index is -1.36. The second-order valence-corrected chi connectivity index (χ2v) is 5.94. The average molecular weight is 329 g/mol. The molecule has 0 spiro atoms. The van der Waals surface area contributed by atoms with E-state index in [0.717, 1.165) is 5.56 Å². The Morgan fingerprint density at radius 2 is 2.00 bits per heavy atom. The molecule has 1 fully saturated rings. The van der Waals surface area contributed by atoms with Crippen molar-refractivity contribution in [3.63, 3.8) is 0 Å². The van der Waals surface area contributed by atoms with E-state index >= 15 is 0 Å². The Labute approximate surface area is 168 Å². The number of benzene rings is 1. The fourth-order valence-electron chi connectivity index (χ4n) is 2.57. The van der Waals surface area contributed by atoms with Crippen molar-refractivity contribution < 1.29 is 71.2 Å². The maximum absolute atomic E-state index is 12.0. The zero-order chi connectivity index (χ0) is 14.4. The number of rotatable bonds is 3. The van der Waals surface area contributed by atoms with E-state index in [9.17, 15) is 19.8 Å². The first-order valence-corrected chi connectivity index (χ1v) is 7.09. The van der Waals surface area contributed by atoms with E-state index in [0.29, 0.717) is 4.91 Å². The van der Waals surface area contributed by atoms with Gasteiger partial charge in [0.05, 0.1) is 23.7 Å². The van der Waals surface area contributed by atoms with Gasteiger partial charge in [0.25, 0.3) is 0 Å². The zero-order valence-corrected chi connectivity index (χ0v) is 15.6. The van der Waals surface area contributed by atoms with Crippen LogP contribution in [0, 0.1) is 5.92 Å². The summed E-state index contributed by atoms with van der Waals surface area (Å²) in [6.07, 6.45) is -0.797. The van der Waals surface area contributed by atoms with E-state index in [-0.39, 0.29) is 68.4 Å². The van der Waals surface area contributed by atoms with Crippen LogP contribution in [0.4, 0.5) is 0 Å². The molecule has 0 aromatic heterocycles. The molecule has 3 rings (SSSR count). The number of carbonyl (C=O) groups excluding carboxylic acids is 2. The monoisotopic (exact) mass is 329 g/mol. The zero-order valence-electron chi connectivity index (χ0n) is 11.6. The van der Waals surface area contributed by atoms with Gasteiger partial charge in [0.2, 0.25) is 5.91 Å². The van der Waals surface area contributed by atoms with Crippen molar-refractivity contribution in [2.24, 2.45) is 5.92 Å². The number of hydrogen-bond acceptors (Lipinski definition) is 5. The maximum Gasteiger partial charge on any atom is 1.00 e. The quantitative estimate of drug-likeness (QED) is 0.473. The summed E-state index contributed by atoms with van der Waals surface area (Å²) in [6, 6.07) is 9.03. The Hall–Kier alpha value is -0.154. The number of aliphatic hydroxyl groups excluding tert-OH is 1. The molecule has 3 atom stereocenters. The van der Waals surface area contributed by atoms with E-state index < -0.39 is 18.0 Å². The molecule has 0 unspecified atom stereocenters. The Kier molecular flexibility index (Phi) is 5.35. The van der Waals surface area contributed by atoms with E-state index in [1.54, 1.807) is 31.2 Å². The standard InChI is InChI=1S/C14H13NO4S.K/c1-7(16)9-12(17)15-10(14(18)19)11(20-13(9)15)8-5-3-2-4-6-8;/h2-7,9,13,16H,1H3,(H,18,19);/q;+1/p-1/t7-,9+,13-;/m1./s1. The second kappa shape index (κ2) is 6.53. The Bertz CT molecular complexity index is 617. The van der Waals surface area contributed by atoms with Gasteiger partial charge in [0.1, 0.15) is 5.37 Å². The Morgan fingerprint density at radius 3 is 2.52 bits per heavy atom. The fraction of sp³-hybridized carbons (Fsp3) is 0.286. The van der Waals surface area contributed by atoms with Gasteiger partial charge < -0.3 is 15.0 Å². The van der Waals surface area contributed by atoms with Crippen LogP contribution >= 0.6 is 11.8 Å². The molecule has 1 N–H and O–H groups in total. The molecule has 104 valence electrons. The fourth-order valence-corrected chi connectivity index (χ4v) is 4.18. The second-order valence-electron chi connectivity index (χ2n) is 4.81. The third-order valence-corrected chi connectivity index (χ3v) is 4.94. The van der Waals surface area contributed by atoms with Crippen LogP contribution < -0.4 is 56.5 Å². The number of β-lactam (4-membered cyclic amide) rings is 1. The number of aliphatic carboxylic acids is 1. The summed E-state index contributed by atoms with van der Waals surface area (Å²) in [6.45, 7) is 1.54. The molecule has 1 aromatic rings. The van der Waals surface area contributed by atoms with Gasteiger partial charge >= 0.3 is 51.4 Å². The first kappa shape index (κ1) is 17.2. The largest absolute Gasteiger partial charge is 1.00 e. The van der Waals surface area contributed by atoms with Gasteiger partial charge in [0.15, 0.2) is 0 Å². The van der Waals surface area contributed by atoms with Crippen molar-refractivity contribution in [3.8, 4) is 0 Å². The smallest absolute Gasteiger partial charge is 0.543 e. The van der Waals surface area contributed by atoms with Crippen LogP contribution in [0.5, 0.6) is 0 Å². The number of amides is 1. The van der Waals surface area contributed by atoms with E-state index in [2.05, 4.69) is 0 Å². The molecule has 5 nitrogen and oxygen atoms in total. The van der Waals surface area contributed by atoms with Crippen LogP contribution in [0.3, 0.4) is 0 Å². The third-order valence-electron chi connectivity index (χ3n) is 3.53. The number of aliphatic hydroxyl groups is 1. The van der Waals surface area contributed by atoms with Gasteiger partial charge in [-0.1, -0.05) is 42.1 Å². The van der Waals surface area contributed by atoms with Gasteiger partial charge in [-0.15, -0.1) is 0 Å². The molecule has 7 heteroatoms. The Balaban J connectivity index is 0.00000161. The summed E-state index contributed by atoms with van der Waals surface area (Å²) >= 11 is 1.29. The number of hydrogen-bond donors (Lipinski definition) is 1. The van der Waals surface area contributed by atoms with Gasteiger partial charge in [0, 0.05) is 4.91 Å². The summed E-state index contributed by atoms with van der Waals surface area (Å²) in [5.74, 6) is -2.28. The van der Waals surface area contributed by atoms with Crippen LogP contribution in [0.2, 0.25) is 0 Å². The van der Waals surface area contributed by atoms with E-state index in [1.807, 2.05) is 6.07 Å². The number of thioether (sulfide) groups is 1. The van der Waals surface area contributed by atoms with Crippen LogP contribution in [-0.4, -0.2) is 33.4 Å². The SMILES string of the molecule is C[C@@H](O)[C@H]1C(=O)N2C(C(=O)[O-])=C(c3ccccc3)S[C@H]12.[K+]. The predicted molar refractivity (Wildman–Crippen MR) is 71.8 cm³/mol. The third kappa shape index (κ3) is 2.76. The van der Waals surface area contributed by atoms with Crippen LogP contribution in [0.15, 0.2) is 36.0 Å². The van der Waals surface area contributed by atoms with Gasteiger partial charge in [-0.25, -0.2) is 0 Å². The molecule has 0 bridgehead atoms. The van der Waals surface area contributed by atoms with Crippen LogP contribution in [0.25, 0.3) is 4.91 Å². The number of nitrogens with zero attached hydrogens (tertiary/aromatic N) is 1. The molecular weight excluding hydrogens is 317 g/mol. The molecule has 2 aliphatic rings. The van der Waals surface area contributed by atoms with Crippen molar-refractivity contribution in [2.75, 3.05) is 0 Å². The van der Waals surface area contributed by atoms with Gasteiger partial charge in [-0.2, -0.15) is 0 Å². The number of carboxylic acid groups (broad SMARTS) is 1. The summed E-state index contributed by atoms with van der Waals surface area (Å²) in [7, 11) is 0. The molecule has 2 aliphatic heterocycles. The molecule has 0 saturated carbocycles. The first-order valence-electron chi connectivity index (χ1n) is 6.21. The number of carboxylic acids is 1. The molecule has 1 saturated heterocycles. The summed E-state index contributed by atoms with van der Waals surface area (Å²) in [4.78, 5) is 25.1. The summed E-state index contributed by atoms with van der Waals surface area (Å²) in [5, 5.41) is 20.6. The van der Waals surface area contributed by atoms with Crippen molar-refractivity contribution in [1.29, 1.82) is 0 Å². The topological polar surface area (TPSA) is 80.7 Å². The van der Waals surface area contributed by atoms with Crippen molar-refractivity contribution >= 4 is 28.5 Å². The van der Waals surface area contributed by atoms with E-state index in [4.69, 9.17) is 0 Å². The molecule has 21 heavy (non-hydrogen) atoms. The first-order chi connectivity index (χ1) is 9.52. The normalized spacial score (nSPS) is 25.0. The molecule has 1 amide bonds. The predicted octanol–water partition coefficient (Wildman–Crippen LogP) is -2.98. The van der Waals surface area contributed by atoms with Gasteiger partial charge in [-0.3, -0.25) is 9.69 Å².